The molecule has 1 amide bonds. The molecule has 2 atom stereocenters. The lowest BCUT2D eigenvalue weighted by atomic mass is 9.86. The second-order valence-electron chi connectivity index (χ2n) is 5.46. The number of amides is 1. The molecule has 0 aliphatic heterocycles. The number of hydrogen-bond acceptors (Lipinski definition) is 2. The maximum atomic E-state index is 12.0. The van der Waals surface area contributed by atoms with Crippen LogP contribution < -0.4 is 10.1 Å². The highest BCUT2D eigenvalue weighted by atomic mass is 16.5. The van der Waals surface area contributed by atoms with Crippen LogP contribution in [0.2, 0.25) is 0 Å². The average Bonchev–Trinajstić information content (AvgIpc) is 2.42. The van der Waals surface area contributed by atoms with Crippen LogP contribution in [0.25, 0.3) is 0 Å². The fourth-order valence-corrected chi connectivity index (χ4v) is 2.72. The van der Waals surface area contributed by atoms with Crippen molar-refractivity contribution in [2.75, 3.05) is 7.11 Å². The SMILES string of the molecule is COc1ccc(CC(=O)N[C@@H]2CCCC[C@@H]2C)cc1. The maximum Gasteiger partial charge on any atom is 0.224 e. The quantitative estimate of drug-likeness (QED) is 0.905. The smallest absolute Gasteiger partial charge is 0.224 e. The van der Waals surface area contributed by atoms with Gasteiger partial charge in [0.2, 0.25) is 5.91 Å². The minimum Gasteiger partial charge on any atom is -0.497 e. The Hall–Kier alpha value is -1.51. The van der Waals surface area contributed by atoms with Gasteiger partial charge in [0.25, 0.3) is 0 Å². The molecule has 1 aliphatic carbocycles. The zero-order chi connectivity index (χ0) is 13.7. The third-order valence-electron chi connectivity index (χ3n) is 3.98. The van der Waals surface area contributed by atoms with Gasteiger partial charge in [-0.1, -0.05) is 31.9 Å². The highest BCUT2D eigenvalue weighted by molar-refractivity contribution is 5.78. The third-order valence-corrected chi connectivity index (χ3v) is 3.98. The number of rotatable bonds is 4. The second kappa shape index (κ2) is 6.60. The average molecular weight is 261 g/mol. The van der Waals surface area contributed by atoms with Gasteiger partial charge in [-0.3, -0.25) is 4.79 Å². The van der Waals surface area contributed by atoms with E-state index in [1.165, 1.54) is 19.3 Å². The summed E-state index contributed by atoms with van der Waals surface area (Å²) in [6, 6.07) is 8.04. The van der Waals surface area contributed by atoms with Gasteiger partial charge in [0.05, 0.1) is 13.5 Å². The fourth-order valence-electron chi connectivity index (χ4n) is 2.72. The Balaban J connectivity index is 1.86. The van der Waals surface area contributed by atoms with Crippen molar-refractivity contribution in [1.82, 2.24) is 5.32 Å². The normalized spacial score (nSPS) is 22.8. The first kappa shape index (κ1) is 13.9. The Morgan fingerprint density at radius 3 is 2.58 bits per heavy atom. The van der Waals surface area contributed by atoms with Crippen molar-refractivity contribution in [1.29, 1.82) is 0 Å². The molecule has 1 aromatic carbocycles. The number of hydrogen-bond donors (Lipinski definition) is 1. The van der Waals surface area contributed by atoms with Gasteiger partial charge in [-0.2, -0.15) is 0 Å². The Kier molecular flexibility index (Phi) is 4.83. The summed E-state index contributed by atoms with van der Waals surface area (Å²) in [5, 5.41) is 3.18. The first-order valence-electron chi connectivity index (χ1n) is 7.11. The number of carbonyl (C=O) groups excluding carboxylic acids is 1. The van der Waals surface area contributed by atoms with E-state index >= 15 is 0 Å². The molecule has 3 nitrogen and oxygen atoms in total. The van der Waals surface area contributed by atoms with Crippen molar-refractivity contribution in [3.8, 4) is 5.75 Å². The molecule has 19 heavy (non-hydrogen) atoms. The van der Waals surface area contributed by atoms with E-state index in [-0.39, 0.29) is 5.91 Å². The Bertz CT molecular complexity index is 413. The van der Waals surface area contributed by atoms with E-state index in [4.69, 9.17) is 4.74 Å². The molecule has 1 N–H and O–H groups in total. The topological polar surface area (TPSA) is 38.3 Å². The Morgan fingerprint density at radius 1 is 1.26 bits per heavy atom. The molecule has 3 heteroatoms. The molecule has 0 radical (unpaired) electrons. The minimum atomic E-state index is 0.129. The minimum absolute atomic E-state index is 0.129. The van der Waals surface area contributed by atoms with Crippen LogP contribution >= 0.6 is 0 Å². The van der Waals surface area contributed by atoms with Crippen LogP contribution in [-0.4, -0.2) is 19.1 Å². The molecule has 1 saturated carbocycles. The molecule has 0 bridgehead atoms. The van der Waals surface area contributed by atoms with Crippen LogP contribution in [0, 0.1) is 5.92 Å². The van der Waals surface area contributed by atoms with Crippen molar-refractivity contribution >= 4 is 5.91 Å². The summed E-state index contributed by atoms with van der Waals surface area (Å²) < 4.78 is 5.11. The van der Waals surface area contributed by atoms with Gasteiger partial charge in [0, 0.05) is 6.04 Å². The van der Waals surface area contributed by atoms with Crippen molar-refractivity contribution in [2.45, 2.75) is 45.1 Å². The van der Waals surface area contributed by atoms with Crippen LogP contribution in [0.15, 0.2) is 24.3 Å². The largest absolute Gasteiger partial charge is 0.497 e. The summed E-state index contributed by atoms with van der Waals surface area (Å²) in [5.41, 5.74) is 1.03. The van der Waals surface area contributed by atoms with Crippen LogP contribution in [0.4, 0.5) is 0 Å². The number of ether oxygens (including phenoxy) is 1. The predicted molar refractivity (Wildman–Crippen MR) is 76.3 cm³/mol. The molecular formula is C16H23NO2. The van der Waals surface area contributed by atoms with Gasteiger partial charge in [0.15, 0.2) is 0 Å². The summed E-state index contributed by atoms with van der Waals surface area (Å²) in [4.78, 5) is 12.0. The Morgan fingerprint density at radius 2 is 1.95 bits per heavy atom. The molecule has 0 heterocycles. The third kappa shape index (κ3) is 3.98. The number of methoxy groups -OCH3 is 1. The number of nitrogens with one attached hydrogen (secondary N) is 1. The highest BCUT2D eigenvalue weighted by Gasteiger charge is 2.22. The summed E-state index contributed by atoms with van der Waals surface area (Å²) in [5.74, 6) is 1.56. The van der Waals surface area contributed by atoms with Gasteiger partial charge in [-0.05, 0) is 36.5 Å². The summed E-state index contributed by atoms with van der Waals surface area (Å²) in [6.07, 6.45) is 5.33. The van der Waals surface area contributed by atoms with Gasteiger partial charge < -0.3 is 10.1 Å². The van der Waals surface area contributed by atoms with Crippen molar-refractivity contribution in [3.63, 3.8) is 0 Å². The van der Waals surface area contributed by atoms with E-state index in [0.29, 0.717) is 18.4 Å². The molecule has 1 fully saturated rings. The van der Waals surface area contributed by atoms with Crippen LogP contribution in [0.3, 0.4) is 0 Å². The molecule has 0 unspecified atom stereocenters. The highest BCUT2D eigenvalue weighted by Crippen LogP contribution is 2.23. The molecular weight excluding hydrogens is 238 g/mol. The molecule has 0 spiro atoms. The first-order chi connectivity index (χ1) is 9.19. The summed E-state index contributed by atoms with van der Waals surface area (Å²) in [6.45, 7) is 2.23. The van der Waals surface area contributed by atoms with Gasteiger partial charge in [0.1, 0.15) is 5.75 Å². The van der Waals surface area contributed by atoms with E-state index in [0.717, 1.165) is 17.7 Å². The van der Waals surface area contributed by atoms with Crippen molar-refractivity contribution in [3.05, 3.63) is 29.8 Å². The lowest BCUT2D eigenvalue weighted by Crippen LogP contribution is -2.41. The summed E-state index contributed by atoms with van der Waals surface area (Å²) >= 11 is 0. The maximum absolute atomic E-state index is 12.0. The van der Waals surface area contributed by atoms with Crippen LogP contribution in [-0.2, 0) is 11.2 Å². The van der Waals surface area contributed by atoms with E-state index in [9.17, 15) is 4.79 Å². The van der Waals surface area contributed by atoms with Gasteiger partial charge >= 0.3 is 0 Å². The zero-order valence-electron chi connectivity index (χ0n) is 11.8. The van der Waals surface area contributed by atoms with E-state index < -0.39 is 0 Å². The predicted octanol–water partition coefficient (Wildman–Crippen LogP) is 2.93. The molecule has 1 aromatic rings. The van der Waals surface area contributed by atoms with Gasteiger partial charge in [-0.15, -0.1) is 0 Å². The standard InChI is InChI=1S/C16H23NO2/c1-12-5-3-4-6-15(12)17-16(18)11-13-7-9-14(19-2)10-8-13/h7-10,12,15H,3-6,11H2,1-2H3,(H,17,18)/t12-,15+/m0/s1. The first-order valence-corrected chi connectivity index (χ1v) is 7.11. The monoisotopic (exact) mass is 261 g/mol. The van der Waals surface area contributed by atoms with Crippen LogP contribution in [0.1, 0.15) is 38.2 Å². The number of carbonyl (C=O) groups is 1. The zero-order valence-corrected chi connectivity index (χ0v) is 11.8. The van der Waals surface area contributed by atoms with E-state index in [2.05, 4.69) is 12.2 Å². The second-order valence-corrected chi connectivity index (χ2v) is 5.46. The van der Waals surface area contributed by atoms with E-state index in [1.807, 2.05) is 24.3 Å². The molecule has 1 aliphatic rings. The van der Waals surface area contributed by atoms with Crippen molar-refractivity contribution in [2.24, 2.45) is 5.92 Å². The summed E-state index contributed by atoms with van der Waals surface area (Å²) in [7, 11) is 1.65. The van der Waals surface area contributed by atoms with E-state index in [1.54, 1.807) is 7.11 Å². The van der Waals surface area contributed by atoms with Gasteiger partial charge in [-0.25, -0.2) is 0 Å². The molecule has 104 valence electrons. The van der Waals surface area contributed by atoms with Crippen molar-refractivity contribution < 1.29 is 9.53 Å². The fraction of sp³-hybridized carbons (Fsp3) is 0.562. The lowest BCUT2D eigenvalue weighted by molar-refractivity contribution is -0.121. The molecule has 2 rings (SSSR count). The lowest BCUT2D eigenvalue weighted by Gasteiger charge is -2.29. The molecule has 0 aromatic heterocycles. The Labute approximate surface area is 115 Å². The number of benzene rings is 1. The van der Waals surface area contributed by atoms with Crippen LogP contribution in [0.5, 0.6) is 5.75 Å². The molecule has 0 saturated heterocycles.